The fourth-order valence-corrected chi connectivity index (χ4v) is 8.68. The molecule has 0 aliphatic rings. The first kappa shape index (κ1) is 64.2. The van der Waals surface area contributed by atoms with Crippen LogP contribution in [0.25, 0.3) is 87.6 Å². The Morgan fingerprint density at radius 2 is 0.388 bits per heavy atom. The van der Waals surface area contributed by atoms with E-state index in [4.69, 9.17) is 0 Å². The van der Waals surface area contributed by atoms with Crippen LogP contribution < -0.4 is 24.8 Å². The van der Waals surface area contributed by atoms with Crippen molar-refractivity contribution in [3.63, 3.8) is 0 Å². The predicted octanol–water partition coefficient (Wildman–Crippen LogP) is 15.0. The van der Waals surface area contributed by atoms with E-state index in [0.717, 1.165) is 136 Å². The van der Waals surface area contributed by atoms with E-state index in [2.05, 4.69) is 0 Å². The van der Waals surface area contributed by atoms with Crippen LogP contribution in [-0.2, 0) is 68.1 Å². The van der Waals surface area contributed by atoms with Crippen LogP contribution in [0.5, 0.6) is 0 Å². The maximum absolute atomic E-state index is 12.5. The van der Waals surface area contributed by atoms with Gasteiger partial charge in [0.05, 0.1) is 22.3 Å². The average Bonchev–Trinajstić information content (AvgIpc) is 4.23. The topological polar surface area (TPSA) is 0 Å². The van der Waals surface area contributed by atoms with Gasteiger partial charge >= 0.3 is 68.1 Å². The van der Waals surface area contributed by atoms with Crippen molar-refractivity contribution in [2.45, 2.75) is 24.7 Å². The smallest absolute Gasteiger partial charge is 1.00 e. The molecule has 0 aromatic heterocycles. The standard InChI is InChI=1S/4C16H10F3.2ClH.2Ti/c4*17-16(18,19)15-7-5-11(6-8-15)14-9-12-3-1-2-4-13(12)10-14;;;;/h4*1-10H;2*1H;;/q4*-1;;;2*+2/p-2. The van der Waals surface area contributed by atoms with Crippen LogP contribution in [0.4, 0.5) is 52.7 Å². The Morgan fingerprint density at radius 3 is 0.537 bits per heavy atom. The first-order valence-corrected chi connectivity index (χ1v) is 23.5. The Bertz CT molecular complexity index is 3220. The Labute approximate surface area is 494 Å². The van der Waals surface area contributed by atoms with E-state index >= 15 is 0 Å². The van der Waals surface area contributed by atoms with Gasteiger partial charge in [0.15, 0.2) is 0 Å². The number of rotatable bonds is 4. The number of fused-ring (bicyclic) bond motifs is 4. The summed E-state index contributed by atoms with van der Waals surface area (Å²) in [4.78, 5) is 0. The normalized spacial score (nSPS) is 11.3. The number of hydrogen-bond donors (Lipinski definition) is 0. The van der Waals surface area contributed by atoms with Crippen molar-refractivity contribution in [1.82, 2.24) is 0 Å². The number of alkyl halides is 12. The van der Waals surface area contributed by atoms with Gasteiger partial charge in [-0.3, -0.25) is 0 Å². The summed E-state index contributed by atoms with van der Waals surface area (Å²) in [7, 11) is 0. The van der Waals surface area contributed by atoms with Gasteiger partial charge in [0.25, 0.3) is 0 Å². The molecule has 0 bridgehead atoms. The van der Waals surface area contributed by atoms with Gasteiger partial charge in [-0.1, -0.05) is 192 Å². The second-order valence-electron chi connectivity index (χ2n) is 17.8. The average molecular weight is 1200 g/mol. The molecule has 0 nitrogen and oxygen atoms in total. The monoisotopic (exact) mass is 1200 g/mol. The zero-order valence-corrected chi connectivity index (χ0v) is 46.0. The molecule has 0 aliphatic carbocycles. The summed E-state index contributed by atoms with van der Waals surface area (Å²) in [5, 5.41) is 8.76. The van der Waals surface area contributed by atoms with Gasteiger partial charge in [0.1, 0.15) is 0 Å². The summed E-state index contributed by atoms with van der Waals surface area (Å²) < 4.78 is 150. The Balaban J connectivity index is 0.000000193. The summed E-state index contributed by atoms with van der Waals surface area (Å²) in [5.41, 5.74) is 4.47. The van der Waals surface area contributed by atoms with Crippen molar-refractivity contribution in [1.29, 1.82) is 0 Å². The van der Waals surface area contributed by atoms with Gasteiger partial charge in [0, 0.05) is 0 Å². The van der Waals surface area contributed by atoms with Crippen LogP contribution >= 0.6 is 0 Å². The molecule has 0 saturated heterocycles. The SMILES string of the molecule is FC(F)(F)c1ccc(-c2cc3ccccc3[cH-]2)cc1.FC(F)(F)c1ccc(-c2cc3ccccc3[cH-]2)cc1.FC(F)(F)c1ccc(-c2cc3ccccc3[cH-]2)cc1.FC(F)(F)c1ccc(-c2cc3ccccc3[cH-]2)cc1.[Cl-].[Cl-].[Ti+2].[Ti+2]. The zero-order valence-electron chi connectivity index (χ0n) is 41.4. The van der Waals surface area contributed by atoms with Gasteiger partial charge in [-0.15, -0.1) is 138 Å². The van der Waals surface area contributed by atoms with Crippen molar-refractivity contribution in [2.75, 3.05) is 0 Å². The van der Waals surface area contributed by atoms with Crippen molar-refractivity contribution in [2.24, 2.45) is 0 Å². The summed E-state index contributed by atoms with van der Waals surface area (Å²) >= 11 is 0. The van der Waals surface area contributed by atoms with E-state index in [1.165, 1.54) is 48.5 Å². The van der Waals surface area contributed by atoms with E-state index in [0.29, 0.717) is 0 Å². The quantitative estimate of drug-likeness (QED) is 0.0936. The molecule has 404 valence electrons. The van der Waals surface area contributed by atoms with Crippen molar-refractivity contribution < 1.29 is 121 Å². The minimum Gasteiger partial charge on any atom is -1.00 e. The third-order valence-electron chi connectivity index (χ3n) is 12.7. The first-order valence-electron chi connectivity index (χ1n) is 23.5. The minimum absolute atomic E-state index is 0. The number of hydrogen-bond acceptors (Lipinski definition) is 0. The maximum Gasteiger partial charge on any atom is 2.00 e. The molecule has 0 amide bonds. The van der Waals surface area contributed by atoms with Crippen molar-refractivity contribution in [3.05, 3.63) is 265 Å². The molecule has 0 N–H and O–H groups in total. The summed E-state index contributed by atoms with van der Waals surface area (Å²) in [5.74, 6) is 0. The predicted molar refractivity (Wildman–Crippen MR) is 280 cm³/mol. The molecule has 0 unspecified atom stereocenters. The van der Waals surface area contributed by atoms with Gasteiger partial charge in [-0.05, 0) is 0 Å². The summed E-state index contributed by atoms with van der Waals surface area (Å²) in [6.45, 7) is 0. The largest absolute Gasteiger partial charge is 2.00 e. The number of halogens is 14. The third-order valence-corrected chi connectivity index (χ3v) is 12.7. The molecular weight excluding hydrogens is 1160 g/mol. The molecule has 0 spiro atoms. The molecule has 0 radical (unpaired) electrons. The fraction of sp³-hybridized carbons (Fsp3) is 0.0625. The van der Waals surface area contributed by atoms with Gasteiger partial charge in [-0.25, -0.2) is 0 Å². The van der Waals surface area contributed by atoms with E-state index in [1.807, 2.05) is 146 Å². The molecule has 0 saturated carbocycles. The molecule has 0 atom stereocenters. The number of benzene rings is 8. The van der Waals surface area contributed by atoms with Crippen LogP contribution in [0.1, 0.15) is 22.3 Å². The molecule has 12 rings (SSSR count). The van der Waals surface area contributed by atoms with E-state index in [9.17, 15) is 52.7 Å². The summed E-state index contributed by atoms with van der Waals surface area (Å²) in [6, 6.07) is 68.4. The van der Waals surface area contributed by atoms with Crippen LogP contribution in [-0.4, -0.2) is 0 Å². The van der Waals surface area contributed by atoms with Crippen LogP contribution in [0.15, 0.2) is 243 Å². The van der Waals surface area contributed by atoms with E-state index in [1.54, 1.807) is 0 Å². The Morgan fingerprint density at radius 1 is 0.225 bits per heavy atom. The molecule has 0 heterocycles. The molecule has 0 aliphatic heterocycles. The van der Waals surface area contributed by atoms with E-state index < -0.39 is 47.0 Å². The second-order valence-corrected chi connectivity index (χ2v) is 17.8. The minimum atomic E-state index is -4.28. The van der Waals surface area contributed by atoms with Crippen LogP contribution in [0.3, 0.4) is 0 Å². The Kier molecular flexibility index (Phi) is 21.5. The van der Waals surface area contributed by atoms with Crippen LogP contribution in [0, 0.1) is 0 Å². The molecule has 12 aromatic carbocycles. The molecule has 0 fully saturated rings. The molecule has 12 aromatic rings. The van der Waals surface area contributed by atoms with Gasteiger partial charge < -0.3 is 24.8 Å². The van der Waals surface area contributed by atoms with Crippen molar-refractivity contribution >= 4 is 43.1 Å². The molecule has 80 heavy (non-hydrogen) atoms. The third kappa shape index (κ3) is 15.8. The van der Waals surface area contributed by atoms with Crippen LogP contribution in [0.2, 0.25) is 0 Å². The van der Waals surface area contributed by atoms with Crippen molar-refractivity contribution in [3.8, 4) is 44.5 Å². The Hall–Kier alpha value is -6.63. The first-order chi connectivity index (χ1) is 36.2. The zero-order chi connectivity index (χ0) is 53.8. The second kappa shape index (κ2) is 26.8. The van der Waals surface area contributed by atoms with Gasteiger partial charge in [0.2, 0.25) is 0 Å². The molecule has 16 heteroatoms. The summed E-state index contributed by atoms with van der Waals surface area (Å²) in [6.07, 6.45) is -17.1. The van der Waals surface area contributed by atoms with Gasteiger partial charge in [-0.2, -0.15) is 52.7 Å². The fourth-order valence-electron chi connectivity index (χ4n) is 8.68. The molecular formula is C64H40Cl2F12Ti2-2. The maximum atomic E-state index is 12.5. The van der Waals surface area contributed by atoms with E-state index in [-0.39, 0.29) is 68.2 Å².